The quantitative estimate of drug-likeness (QED) is 0.495. The van der Waals surface area contributed by atoms with Crippen LogP contribution < -0.4 is 0 Å². The van der Waals surface area contributed by atoms with E-state index in [9.17, 15) is 8.42 Å². The van der Waals surface area contributed by atoms with Gasteiger partial charge in [0.2, 0.25) is 10.0 Å². The Balaban J connectivity index is 0.000000330. The normalized spacial score (nSPS) is 15.5. The molecule has 0 spiro atoms. The van der Waals surface area contributed by atoms with Gasteiger partial charge in [0.15, 0.2) is 0 Å². The first kappa shape index (κ1) is 23.8. The molecule has 4 rings (SSSR count). The second-order valence-corrected chi connectivity index (χ2v) is 10.3. The molecule has 1 aliphatic rings. The zero-order valence-corrected chi connectivity index (χ0v) is 19.9. The number of likely N-dealkylation sites (N-methyl/N-ethyl adjacent to an activating group) is 1. The van der Waals surface area contributed by atoms with Crippen LogP contribution in [0.1, 0.15) is 5.56 Å². The van der Waals surface area contributed by atoms with Crippen molar-refractivity contribution in [3.8, 4) is 0 Å². The Labute approximate surface area is 194 Å². The van der Waals surface area contributed by atoms with E-state index in [1.165, 1.54) is 16.2 Å². The fourth-order valence-electron chi connectivity index (χ4n) is 3.54. The van der Waals surface area contributed by atoms with Gasteiger partial charge in [0, 0.05) is 49.3 Å². The number of piperazine rings is 1. The number of hydrogen-bond donors (Lipinski definition) is 0. The summed E-state index contributed by atoms with van der Waals surface area (Å²) in [6, 6.07) is 15.2. The second-order valence-electron chi connectivity index (χ2n) is 7.53. The van der Waals surface area contributed by atoms with Gasteiger partial charge in [-0.05, 0) is 30.8 Å². The van der Waals surface area contributed by atoms with Crippen molar-refractivity contribution in [1.29, 1.82) is 0 Å². The first-order valence-corrected chi connectivity index (χ1v) is 12.4. The summed E-state index contributed by atoms with van der Waals surface area (Å²) >= 11 is 11.9. The molecule has 0 saturated carbocycles. The van der Waals surface area contributed by atoms with E-state index >= 15 is 0 Å². The molecular weight excluding hydrogens is 453 g/mol. The van der Waals surface area contributed by atoms with Crippen molar-refractivity contribution in [2.75, 3.05) is 39.0 Å². The summed E-state index contributed by atoms with van der Waals surface area (Å²) in [5.41, 5.74) is 1.70. The number of fused-ring (bicyclic) bond motifs is 1. The topological polar surface area (TPSA) is 45.6 Å². The standard InChI is InChI=1S/C17H22ClN3O2S.C6H5Cl/c1-3-11-24(22,23)21-13-15(18)17-14(5-4-6-16(17)21)12-20-9-7-19(2)8-10-20;7-6-4-2-1-3-5-6/h3-6,13H,1,7-12H2,2H3;1-5H. The Morgan fingerprint density at radius 1 is 1.00 bits per heavy atom. The van der Waals surface area contributed by atoms with Gasteiger partial charge >= 0.3 is 0 Å². The molecular formula is C23H27Cl2N3O2S. The fraction of sp³-hybridized carbons (Fsp3) is 0.304. The summed E-state index contributed by atoms with van der Waals surface area (Å²) in [5, 5.41) is 2.09. The third-order valence-electron chi connectivity index (χ3n) is 5.19. The zero-order chi connectivity index (χ0) is 22.4. The minimum atomic E-state index is -3.48. The first-order chi connectivity index (χ1) is 14.8. The molecule has 166 valence electrons. The summed E-state index contributed by atoms with van der Waals surface area (Å²) in [7, 11) is -1.35. The molecule has 0 aliphatic carbocycles. The Morgan fingerprint density at radius 3 is 2.26 bits per heavy atom. The van der Waals surface area contributed by atoms with E-state index in [1.54, 1.807) is 6.07 Å². The molecule has 0 atom stereocenters. The van der Waals surface area contributed by atoms with Crippen LogP contribution in [0.15, 0.2) is 67.4 Å². The van der Waals surface area contributed by atoms with Crippen LogP contribution in [0, 0.1) is 0 Å². The van der Waals surface area contributed by atoms with Crippen LogP contribution in [0.4, 0.5) is 0 Å². The summed E-state index contributed by atoms with van der Waals surface area (Å²) in [5.74, 6) is -0.115. The van der Waals surface area contributed by atoms with Crippen molar-refractivity contribution in [3.05, 3.63) is 83.0 Å². The monoisotopic (exact) mass is 479 g/mol. The van der Waals surface area contributed by atoms with Gasteiger partial charge in [-0.1, -0.05) is 59.6 Å². The Bertz CT molecular complexity index is 1120. The summed E-state index contributed by atoms with van der Waals surface area (Å²) in [6.45, 7) is 8.38. The van der Waals surface area contributed by atoms with E-state index in [0.717, 1.165) is 48.7 Å². The van der Waals surface area contributed by atoms with Crippen molar-refractivity contribution in [2.24, 2.45) is 0 Å². The molecule has 5 nitrogen and oxygen atoms in total. The van der Waals surface area contributed by atoms with Crippen LogP contribution in [0.2, 0.25) is 10.0 Å². The molecule has 2 heterocycles. The van der Waals surface area contributed by atoms with Crippen LogP contribution >= 0.6 is 23.2 Å². The van der Waals surface area contributed by atoms with Gasteiger partial charge in [0.05, 0.1) is 16.3 Å². The number of rotatable bonds is 5. The van der Waals surface area contributed by atoms with Crippen molar-refractivity contribution in [1.82, 2.24) is 13.8 Å². The maximum atomic E-state index is 12.4. The Kier molecular flexibility index (Phi) is 8.19. The number of nitrogens with zero attached hydrogens (tertiary/aromatic N) is 3. The number of halogens is 2. The largest absolute Gasteiger partial charge is 0.304 e. The van der Waals surface area contributed by atoms with Gasteiger partial charge < -0.3 is 4.90 Å². The molecule has 0 amide bonds. The van der Waals surface area contributed by atoms with Gasteiger partial charge in [-0.3, -0.25) is 4.90 Å². The van der Waals surface area contributed by atoms with Gasteiger partial charge in [-0.15, -0.1) is 6.58 Å². The van der Waals surface area contributed by atoms with E-state index in [4.69, 9.17) is 23.2 Å². The van der Waals surface area contributed by atoms with E-state index in [0.29, 0.717) is 10.5 Å². The lowest BCUT2D eigenvalue weighted by atomic mass is 10.1. The van der Waals surface area contributed by atoms with Gasteiger partial charge in [0.25, 0.3) is 0 Å². The lowest BCUT2D eigenvalue weighted by molar-refractivity contribution is 0.148. The van der Waals surface area contributed by atoms with E-state index in [-0.39, 0.29) is 5.75 Å². The SMILES string of the molecule is C=CCS(=O)(=O)n1cc(Cl)c2c(CN3CCN(C)CC3)cccc21.Clc1ccccc1. The van der Waals surface area contributed by atoms with Crippen molar-refractivity contribution >= 4 is 44.1 Å². The van der Waals surface area contributed by atoms with E-state index in [2.05, 4.69) is 23.4 Å². The highest BCUT2D eigenvalue weighted by atomic mass is 35.5. The molecule has 1 saturated heterocycles. The molecule has 31 heavy (non-hydrogen) atoms. The number of aromatic nitrogens is 1. The average molecular weight is 480 g/mol. The maximum Gasteiger partial charge on any atom is 0.242 e. The molecule has 0 unspecified atom stereocenters. The highest BCUT2D eigenvalue weighted by molar-refractivity contribution is 7.90. The Morgan fingerprint density at radius 2 is 1.68 bits per heavy atom. The van der Waals surface area contributed by atoms with E-state index < -0.39 is 10.0 Å². The lowest BCUT2D eigenvalue weighted by Gasteiger charge is -2.32. The van der Waals surface area contributed by atoms with Gasteiger partial charge in [0.1, 0.15) is 0 Å². The minimum Gasteiger partial charge on any atom is -0.304 e. The van der Waals surface area contributed by atoms with Gasteiger partial charge in [-0.2, -0.15) is 0 Å². The molecule has 1 aliphatic heterocycles. The fourth-order valence-corrected chi connectivity index (χ4v) is 5.23. The number of hydrogen-bond acceptors (Lipinski definition) is 4. The van der Waals surface area contributed by atoms with Crippen LogP contribution in [0.3, 0.4) is 0 Å². The first-order valence-electron chi connectivity index (χ1n) is 10.1. The van der Waals surface area contributed by atoms with Crippen molar-refractivity contribution in [3.63, 3.8) is 0 Å². The smallest absolute Gasteiger partial charge is 0.242 e. The molecule has 0 bridgehead atoms. The molecule has 1 fully saturated rings. The lowest BCUT2D eigenvalue weighted by Crippen LogP contribution is -2.43. The summed E-state index contributed by atoms with van der Waals surface area (Å²) in [6.07, 6.45) is 2.89. The van der Waals surface area contributed by atoms with E-state index in [1.807, 2.05) is 42.5 Å². The molecule has 0 radical (unpaired) electrons. The van der Waals surface area contributed by atoms with Crippen LogP contribution in [0.25, 0.3) is 10.9 Å². The van der Waals surface area contributed by atoms with Gasteiger partial charge in [-0.25, -0.2) is 12.4 Å². The Hall–Kier alpha value is -1.83. The highest BCUT2D eigenvalue weighted by Crippen LogP contribution is 2.31. The third-order valence-corrected chi connectivity index (χ3v) is 7.28. The molecule has 0 N–H and O–H groups in total. The molecule has 8 heteroatoms. The number of benzene rings is 2. The molecule has 1 aromatic heterocycles. The summed E-state index contributed by atoms with van der Waals surface area (Å²) < 4.78 is 26.1. The van der Waals surface area contributed by atoms with Crippen LogP contribution in [-0.2, 0) is 16.6 Å². The average Bonchev–Trinajstić information content (AvgIpc) is 3.09. The molecule has 2 aromatic carbocycles. The molecule has 3 aromatic rings. The van der Waals surface area contributed by atoms with Crippen molar-refractivity contribution < 1.29 is 8.42 Å². The van der Waals surface area contributed by atoms with Crippen LogP contribution in [-0.4, -0.2) is 61.2 Å². The predicted molar refractivity (Wildman–Crippen MR) is 131 cm³/mol. The third kappa shape index (κ3) is 6.11. The second kappa shape index (κ2) is 10.7. The van der Waals surface area contributed by atoms with Crippen molar-refractivity contribution in [2.45, 2.75) is 6.54 Å². The predicted octanol–water partition coefficient (Wildman–Crippen LogP) is 4.75. The highest BCUT2D eigenvalue weighted by Gasteiger charge is 2.21. The maximum absolute atomic E-state index is 12.4. The minimum absolute atomic E-state index is 0.115. The van der Waals surface area contributed by atoms with Crippen LogP contribution in [0.5, 0.6) is 0 Å². The zero-order valence-electron chi connectivity index (χ0n) is 17.5. The summed E-state index contributed by atoms with van der Waals surface area (Å²) in [4.78, 5) is 4.68.